The van der Waals surface area contributed by atoms with Crippen LogP contribution in [0.15, 0.2) is 120 Å². The van der Waals surface area contributed by atoms with Crippen molar-refractivity contribution in [3.63, 3.8) is 0 Å². The van der Waals surface area contributed by atoms with Gasteiger partial charge in [-0.05, 0) is 54.1 Å². The van der Waals surface area contributed by atoms with Gasteiger partial charge in [0.05, 0.1) is 29.7 Å². The molecular formula is C26H23N5O. The highest BCUT2D eigenvalue weighted by Crippen LogP contribution is 2.21. The van der Waals surface area contributed by atoms with Gasteiger partial charge in [-0.25, -0.2) is 0 Å². The molecule has 0 radical (unpaired) electrons. The highest BCUT2D eigenvalue weighted by atomic mass is 16.1. The largest absolute Gasteiger partial charge is 0.325 e. The Kier molecular flexibility index (Phi) is 7.08. The summed E-state index contributed by atoms with van der Waals surface area (Å²) < 4.78 is 0. The number of nitrogens with one attached hydrogen (secondary N) is 2. The molecule has 2 N–H and O–H groups in total. The predicted octanol–water partition coefficient (Wildman–Crippen LogP) is 5.81. The van der Waals surface area contributed by atoms with Gasteiger partial charge in [0, 0.05) is 11.9 Å². The number of nitrogens with zero attached hydrogens (tertiary/aromatic N) is 3. The second-order valence-electron chi connectivity index (χ2n) is 7.11. The van der Waals surface area contributed by atoms with Crippen LogP contribution in [0.1, 0.15) is 17.3 Å². The number of amides is 1. The molecule has 0 aliphatic rings. The lowest BCUT2D eigenvalue weighted by Crippen LogP contribution is -2.32. The number of rotatable bonds is 8. The van der Waals surface area contributed by atoms with Crippen molar-refractivity contribution in [1.29, 1.82) is 0 Å². The fourth-order valence-electron chi connectivity index (χ4n) is 3.21. The fourth-order valence-corrected chi connectivity index (χ4v) is 3.21. The Labute approximate surface area is 187 Å². The van der Waals surface area contributed by atoms with Gasteiger partial charge in [0.15, 0.2) is 0 Å². The molecule has 0 aliphatic carbocycles. The zero-order valence-electron chi connectivity index (χ0n) is 17.4. The molecule has 3 aromatic carbocycles. The summed E-state index contributed by atoms with van der Waals surface area (Å²) in [5, 5.41) is 14.6. The van der Waals surface area contributed by atoms with E-state index in [1.807, 2.05) is 103 Å². The third-order valence-electron chi connectivity index (χ3n) is 4.77. The van der Waals surface area contributed by atoms with Gasteiger partial charge in [-0.1, -0.05) is 54.6 Å². The number of azo groups is 1. The molecule has 4 aromatic rings. The first-order valence-electron chi connectivity index (χ1n) is 10.3. The van der Waals surface area contributed by atoms with Crippen molar-refractivity contribution < 1.29 is 4.79 Å². The lowest BCUT2D eigenvalue weighted by Gasteiger charge is -2.18. The van der Waals surface area contributed by atoms with Crippen LogP contribution < -0.4 is 10.6 Å². The van der Waals surface area contributed by atoms with E-state index in [1.54, 1.807) is 6.20 Å². The van der Waals surface area contributed by atoms with Gasteiger partial charge >= 0.3 is 0 Å². The van der Waals surface area contributed by atoms with E-state index in [4.69, 9.17) is 0 Å². The minimum absolute atomic E-state index is 0.138. The summed E-state index contributed by atoms with van der Waals surface area (Å²) in [4.78, 5) is 17.0. The van der Waals surface area contributed by atoms with Gasteiger partial charge < -0.3 is 5.32 Å². The monoisotopic (exact) mass is 421 g/mol. The molecule has 1 aromatic heterocycles. The summed E-state index contributed by atoms with van der Waals surface area (Å²) in [6, 6.07) is 32.3. The molecule has 0 saturated carbocycles. The van der Waals surface area contributed by atoms with E-state index in [-0.39, 0.29) is 18.5 Å². The Morgan fingerprint density at radius 2 is 1.38 bits per heavy atom. The number of hydrogen-bond donors (Lipinski definition) is 2. The molecule has 1 atom stereocenters. The van der Waals surface area contributed by atoms with E-state index in [0.717, 1.165) is 16.9 Å². The second kappa shape index (κ2) is 10.7. The average molecular weight is 422 g/mol. The molecule has 32 heavy (non-hydrogen) atoms. The maximum atomic E-state index is 12.5. The number of carbonyl (C=O) groups excluding carboxylic acids is 1. The van der Waals surface area contributed by atoms with Crippen LogP contribution in [0.3, 0.4) is 0 Å². The molecule has 1 unspecified atom stereocenters. The van der Waals surface area contributed by atoms with E-state index in [1.165, 1.54) is 0 Å². The first-order chi connectivity index (χ1) is 15.8. The zero-order valence-corrected chi connectivity index (χ0v) is 17.4. The smallest absolute Gasteiger partial charge is 0.238 e. The van der Waals surface area contributed by atoms with Crippen molar-refractivity contribution >= 4 is 23.0 Å². The molecule has 0 spiro atoms. The van der Waals surface area contributed by atoms with E-state index in [0.29, 0.717) is 11.4 Å². The van der Waals surface area contributed by atoms with Gasteiger partial charge in [0.1, 0.15) is 0 Å². The van der Waals surface area contributed by atoms with Gasteiger partial charge in [0.25, 0.3) is 0 Å². The number of aromatic nitrogens is 1. The van der Waals surface area contributed by atoms with Gasteiger partial charge in [-0.15, -0.1) is 0 Å². The van der Waals surface area contributed by atoms with Crippen molar-refractivity contribution in [1.82, 2.24) is 10.3 Å². The number of hydrogen-bond acceptors (Lipinski definition) is 5. The van der Waals surface area contributed by atoms with E-state index >= 15 is 0 Å². The molecule has 0 aliphatic heterocycles. The SMILES string of the molecule is O=C(CNC(c1ccccc1)c1ccccn1)Nc1ccc(N=Nc2ccccc2)cc1. The lowest BCUT2D eigenvalue weighted by molar-refractivity contribution is -0.115. The quantitative estimate of drug-likeness (QED) is 0.352. The molecule has 4 rings (SSSR count). The predicted molar refractivity (Wildman–Crippen MR) is 126 cm³/mol. The van der Waals surface area contributed by atoms with Crippen molar-refractivity contribution in [2.45, 2.75) is 6.04 Å². The summed E-state index contributed by atoms with van der Waals surface area (Å²) >= 11 is 0. The number of carbonyl (C=O) groups is 1. The highest BCUT2D eigenvalue weighted by Gasteiger charge is 2.16. The summed E-state index contributed by atoms with van der Waals surface area (Å²) in [5.74, 6) is -0.138. The molecule has 6 nitrogen and oxygen atoms in total. The normalized spacial score (nSPS) is 11.9. The minimum Gasteiger partial charge on any atom is -0.325 e. The molecule has 1 heterocycles. The molecular weight excluding hydrogens is 398 g/mol. The van der Waals surface area contributed by atoms with Crippen LogP contribution in [0.4, 0.5) is 17.1 Å². The Bertz CT molecular complexity index is 1110. The molecule has 158 valence electrons. The van der Waals surface area contributed by atoms with Crippen molar-refractivity contribution in [3.8, 4) is 0 Å². The van der Waals surface area contributed by atoms with Crippen LogP contribution in [0.25, 0.3) is 0 Å². The summed E-state index contributed by atoms with van der Waals surface area (Å²) in [5.41, 5.74) is 4.11. The third kappa shape index (κ3) is 5.93. The number of pyridine rings is 1. The van der Waals surface area contributed by atoms with Crippen molar-refractivity contribution in [3.05, 3.63) is 121 Å². The molecule has 1 amide bonds. The lowest BCUT2D eigenvalue weighted by atomic mass is 10.0. The Hall–Kier alpha value is -4.16. The summed E-state index contributed by atoms with van der Waals surface area (Å²) in [6.45, 7) is 0.144. The topological polar surface area (TPSA) is 78.7 Å². The second-order valence-corrected chi connectivity index (χ2v) is 7.11. The van der Waals surface area contributed by atoms with Crippen LogP contribution in [0.2, 0.25) is 0 Å². The first kappa shape index (κ1) is 21.1. The van der Waals surface area contributed by atoms with Gasteiger partial charge in [-0.3, -0.25) is 15.1 Å². The van der Waals surface area contributed by atoms with Crippen LogP contribution >= 0.6 is 0 Å². The molecule has 0 saturated heterocycles. The Morgan fingerprint density at radius 3 is 2.03 bits per heavy atom. The summed E-state index contributed by atoms with van der Waals surface area (Å²) in [6.07, 6.45) is 1.75. The fraction of sp³-hybridized carbons (Fsp3) is 0.0769. The first-order valence-corrected chi connectivity index (χ1v) is 10.3. The van der Waals surface area contributed by atoms with Gasteiger partial charge in [0.2, 0.25) is 5.91 Å². The van der Waals surface area contributed by atoms with Crippen LogP contribution in [0.5, 0.6) is 0 Å². The highest BCUT2D eigenvalue weighted by molar-refractivity contribution is 5.92. The van der Waals surface area contributed by atoms with Crippen LogP contribution in [-0.2, 0) is 4.79 Å². The van der Waals surface area contributed by atoms with E-state index in [2.05, 4.69) is 25.8 Å². The Morgan fingerprint density at radius 1 is 0.750 bits per heavy atom. The number of benzene rings is 3. The molecule has 6 heteroatoms. The molecule has 0 fully saturated rings. The standard InChI is InChI=1S/C26H23N5O/c32-25(19-28-26(20-9-3-1-4-10-20)24-13-7-8-18-27-24)29-21-14-16-23(17-15-21)31-30-22-11-5-2-6-12-22/h1-18,26,28H,19H2,(H,29,32). The van der Waals surface area contributed by atoms with E-state index < -0.39 is 0 Å². The van der Waals surface area contributed by atoms with Crippen LogP contribution in [-0.4, -0.2) is 17.4 Å². The van der Waals surface area contributed by atoms with Crippen molar-refractivity contribution in [2.24, 2.45) is 10.2 Å². The average Bonchev–Trinajstić information content (AvgIpc) is 2.86. The minimum atomic E-state index is -0.177. The van der Waals surface area contributed by atoms with E-state index in [9.17, 15) is 4.79 Å². The van der Waals surface area contributed by atoms with Crippen LogP contribution in [0, 0.1) is 0 Å². The van der Waals surface area contributed by atoms with Gasteiger partial charge in [-0.2, -0.15) is 10.2 Å². The molecule has 0 bridgehead atoms. The third-order valence-corrected chi connectivity index (χ3v) is 4.77. The maximum absolute atomic E-state index is 12.5. The summed E-state index contributed by atoms with van der Waals surface area (Å²) in [7, 11) is 0. The zero-order chi connectivity index (χ0) is 22.0. The van der Waals surface area contributed by atoms with Crippen molar-refractivity contribution in [2.75, 3.05) is 11.9 Å². The Balaban J connectivity index is 1.36. The number of anilines is 1. The maximum Gasteiger partial charge on any atom is 0.238 e.